The first-order valence-electron chi connectivity index (χ1n) is 3.95. The van der Waals surface area contributed by atoms with Gasteiger partial charge in [0, 0.05) is 20.3 Å². The molecule has 0 aromatic rings. The minimum Gasteiger partial charge on any atom is -0.352 e. The van der Waals surface area contributed by atoms with Crippen LogP contribution in [-0.4, -0.2) is 26.3 Å². The van der Waals surface area contributed by atoms with Crippen molar-refractivity contribution in [2.75, 3.05) is 6.54 Å². The molecular weight excluding hydrogens is 120 g/mol. The van der Waals surface area contributed by atoms with Crippen molar-refractivity contribution in [3.8, 4) is 0 Å². The number of nitrogens with two attached hydrogens (primary N) is 1. The summed E-state index contributed by atoms with van der Waals surface area (Å²) in [5.74, 6) is 0. The molecule has 48 valence electrons. The maximum Gasteiger partial charge on any atom is 0.312 e. The van der Waals surface area contributed by atoms with Gasteiger partial charge in [0.2, 0.25) is 0 Å². The summed E-state index contributed by atoms with van der Waals surface area (Å²) in [4.78, 5) is 10.1. The Morgan fingerprint density at radius 2 is 2.75 bits per heavy atom. The Hall–Kier alpha value is -0.513. The first-order chi connectivity index (χ1) is 4.92. The molecule has 0 aliphatic rings. The van der Waals surface area contributed by atoms with Gasteiger partial charge >= 0.3 is 6.03 Å². The third kappa shape index (κ3) is 5.49. The summed E-state index contributed by atoms with van der Waals surface area (Å²) in [5, 5.41) is 2.33. The van der Waals surface area contributed by atoms with Crippen LogP contribution < -0.4 is 11.1 Å². The van der Waals surface area contributed by atoms with Crippen molar-refractivity contribution in [1.82, 2.24) is 5.32 Å². The molecule has 0 saturated heterocycles. The van der Waals surface area contributed by atoms with Crippen LogP contribution in [0.3, 0.4) is 0 Å². The van der Waals surface area contributed by atoms with Gasteiger partial charge in [0.05, 0.1) is 0 Å². The Morgan fingerprint density at radius 1 is 2.00 bits per heavy atom. The molecule has 0 rings (SSSR count). The van der Waals surface area contributed by atoms with Gasteiger partial charge in [0.1, 0.15) is 0 Å². The average Bonchev–Trinajstić information content (AvgIpc) is 1.78. The molecule has 0 heterocycles. The molecule has 4 heteroatoms. The molecule has 0 saturated carbocycles. The standard InChI is InChI=1S/C4H12N2OSi/c5-4(7)6-2-1-3-8/h1-3H2,8H3,(H3,5,6,7)/i8D3. The van der Waals surface area contributed by atoms with Crippen LogP contribution in [0.15, 0.2) is 0 Å². The fraction of sp³-hybridized carbons (Fsp3) is 0.750. The van der Waals surface area contributed by atoms with E-state index in [0.29, 0.717) is 13.0 Å². The summed E-state index contributed by atoms with van der Waals surface area (Å²) in [7, 11) is -3.17. The number of carbonyl (C=O) groups excluding carboxylic acids is 1. The fourth-order valence-electron chi connectivity index (χ4n) is 0.300. The van der Waals surface area contributed by atoms with Gasteiger partial charge in [0.15, 0.2) is 0 Å². The van der Waals surface area contributed by atoms with Gasteiger partial charge in [-0.1, -0.05) is 6.04 Å². The minimum absolute atomic E-state index is 0.243. The largest absolute Gasteiger partial charge is 0.352 e. The Kier molecular flexibility index (Phi) is 2.03. The maximum atomic E-state index is 10.1. The quantitative estimate of drug-likeness (QED) is 0.370. The molecule has 2 amide bonds. The monoisotopic (exact) mass is 135 g/mol. The number of nitrogens with one attached hydrogen (secondary N) is 1. The molecule has 0 aromatic carbocycles. The van der Waals surface area contributed by atoms with E-state index in [1.54, 1.807) is 0 Å². The number of rotatable bonds is 4. The zero-order chi connectivity index (χ0) is 8.91. The molecule has 0 fully saturated rings. The van der Waals surface area contributed by atoms with E-state index < -0.39 is 16.1 Å². The van der Waals surface area contributed by atoms with Gasteiger partial charge in [-0.2, -0.15) is 0 Å². The van der Waals surface area contributed by atoms with Crippen molar-refractivity contribution in [2.24, 2.45) is 5.73 Å². The third-order valence-corrected chi connectivity index (χ3v) is 1.01. The van der Waals surface area contributed by atoms with Crippen LogP contribution in [0, 0.1) is 0 Å². The molecule has 8 heavy (non-hydrogen) atoms. The summed E-state index contributed by atoms with van der Waals surface area (Å²) in [6.07, 6.45) is 0.492. The second-order valence-corrected chi connectivity index (χ2v) is 1.89. The van der Waals surface area contributed by atoms with Crippen molar-refractivity contribution >= 4 is 16.1 Å². The van der Waals surface area contributed by atoms with Crippen molar-refractivity contribution in [2.45, 2.75) is 12.5 Å². The smallest absolute Gasteiger partial charge is 0.312 e. The van der Waals surface area contributed by atoms with Gasteiger partial charge < -0.3 is 11.1 Å². The van der Waals surface area contributed by atoms with E-state index in [2.05, 4.69) is 5.32 Å². The summed E-state index contributed by atoms with van der Waals surface area (Å²) in [5.41, 5.74) is 4.76. The number of carbonyl (C=O) groups is 1. The van der Waals surface area contributed by atoms with E-state index >= 15 is 0 Å². The van der Waals surface area contributed by atoms with Crippen molar-refractivity contribution in [1.29, 1.82) is 3.70 Å². The number of hydrogen-bond donors (Lipinski definition) is 2. The first kappa shape index (κ1) is 3.50. The summed E-state index contributed by atoms with van der Waals surface area (Å²) in [6.45, 7) is 0.362. The van der Waals surface area contributed by atoms with Crippen LogP contribution in [0.25, 0.3) is 0 Å². The molecule has 0 atom stereocenters. The molecule has 0 aliphatic heterocycles. The highest BCUT2D eigenvalue weighted by atomic mass is 28.1. The third-order valence-electron chi connectivity index (χ3n) is 0.653. The van der Waals surface area contributed by atoms with Gasteiger partial charge in [-0.05, 0) is 6.42 Å². The van der Waals surface area contributed by atoms with Gasteiger partial charge in [-0.25, -0.2) is 4.79 Å². The van der Waals surface area contributed by atoms with Crippen LogP contribution in [0.4, 0.5) is 4.79 Å². The number of hydrogen-bond acceptors (Lipinski definition) is 1. The molecule has 0 unspecified atom stereocenters. The minimum atomic E-state index is -3.17. The molecular formula is C4H12N2OSi. The molecule has 3 N–H and O–H groups in total. The summed E-state index contributed by atoms with van der Waals surface area (Å²) >= 11 is 0. The molecule has 0 spiro atoms. The number of primary amides is 1. The molecule has 0 aliphatic carbocycles. The van der Waals surface area contributed by atoms with Crippen LogP contribution >= 0.6 is 0 Å². The molecule has 3 nitrogen and oxygen atoms in total. The normalized spacial score (nSPS) is 15.8. The van der Waals surface area contributed by atoms with Gasteiger partial charge in [-0.15, -0.1) is 0 Å². The topological polar surface area (TPSA) is 55.1 Å². The Bertz CT molecular complexity index is 138. The molecule has 0 radical (unpaired) electrons. The van der Waals surface area contributed by atoms with E-state index in [9.17, 15) is 4.79 Å². The highest BCUT2D eigenvalue weighted by Crippen LogP contribution is 1.78. The highest BCUT2D eigenvalue weighted by molar-refractivity contribution is 6.08. The SMILES string of the molecule is [2H][Si]([2H])([2H])CCCNC(N)=O. The number of amides is 2. The lowest BCUT2D eigenvalue weighted by Crippen LogP contribution is -2.29. The zero-order valence-electron chi connectivity index (χ0n) is 7.61. The lowest BCUT2D eigenvalue weighted by atomic mass is 10.5. The molecule has 0 aromatic heterocycles. The van der Waals surface area contributed by atoms with Crippen molar-refractivity contribution in [3.63, 3.8) is 0 Å². The van der Waals surface area contributed by atoms with E-state index in [1.807, 2.05) is 0 Å². The maximum absolute atomic E-state index is 10.1. The Balaban J connectivity index is 3.22. The van der Waals surface area contributed by atoms with Gasteiger partial charge in [-0.3, -0.25) is 0 Å². The summed E-state index contributed by atoms with van der Waals surface area (Å²) in [6, 6.07) is -0.356. The van der Waals surface area contributed by atoms with Crippen LogP contribution in [0.1, 0.15) is 6.42 Å². The fourth-order valence-corrected chi connectivity index (χ4v) is 0.477. The lowest BCUT2D eigenvalue weighted by Gasteiger charge is -1.96. The van der Waals surface area contributed by atoms with E-state index in [0.717, 1.165) is 0 Å². The van der Waals surface area contributed by atoms with E-state index in [-0.39, 0.29) is 6.04 Å². The highest BCUT2D eigenvalue weighted by Gasteiger charge is 1.86. The number of urea groups is 1. The lowest BCUT2D eigenvalue weighted by molar-refractivity contribution is 0.249. The predicted molar refractivity (Wildman–Crippen MR) is 36.9 cm³/mol. The van der Waals surface area contributed by atoms with E-state index in [1.165, 1.54) is 0 Å². The van der Waals surface area contributed by atoms with Crippen LogP contribution in [0.5, 0.6) is 0 Å². The van der Waals surface area contributed by atoms with E-state index in [4.69, 9.17) is 9.44 Å². The summed E-state index contributed by atoms with van der Waals surface area (Å²) < 4.78 is 20.8. The van der Waals surface area contributed by atoms with Crippen molar-refractivity contribution in [3.05, 3.63) is 0 Å². The second kappa shape index (κ2) is 4.64. The second-order valence-electron chi connectivity index (χ2n) is 1.39. The van der Waals surface area contributed by atoms with Crippen molar-refractivity contribution < 1.29 is 4.79 Å². The van der Waals surface area contributed by atoms with Crippen LogP contribution in [-0.2, 0) is 0 Å². The van der Waals surface area contributed by atoms with Crippen LogP contribution in [0.2, 0.25) is 6.04 Å². The predicted octanol–water partition coefficient (Wildman–Crippen LogP) is -1.17. The van der Waals surface area contributed by atoms with Gasteiger partial charge in [0.25, 0.3) is 0 Å². The molecule has 0 bridgehead atoms. The Morgan fingerprint density at radius 3 is 3.25 bits per heavy atom. The first-order valence-corrected chi connectivity index (χ1v) is 3.16. The average molecular weight is 135 g/mol. The Labute approximate surface area is 55.7 Å². The zero-order valence-corrected chi connectivity index (χ0v) is 5.61.